The van der Waals surface area contributed by atoms with Gasteiger partial charge in [-0.2, -0.15) is 0 Å². The third-order valence-corrected chi connectivity index (χ3v) is 5.24. The monoisotopic (exact) mass is 394 g/mol. The summed E-state index contributed by atoms with van der Waals surface area (Å²) in [7, 11) is 0. The first-order chi connectivity index (χ1) is 14.0. The van der Waals surface area contributed by atoms with Gasteiger partial charge in [0.25, 0.3) is 11.5 Å². The summed E-state index contributed by atoms with van der Waals surface area (Å²) in [5.74, 6) is -0.782. The van der Waals surface area contributed by atoms with Crippen LogP contribution in [0.2, 0.25) is 0 Å². The Kier molecular flexibility index (Phi) is 5.45. The number of aryl methyl sites for hydroxylation is 1. The highest BCUT2D eigenvalue weighted by molar-refractivity contribution is 5.94. The molecule has 0 spiro atoms. The van der Waals surface area contributed by atoms with Crippen molar-refractivity contribution in [1.82, 2.24) is 9.88 Å². The maximum absolute atomic E-state index is 13.6. The highest BCUT2D eigenvalue weighted by Gasteiger charge is 2.24. The third kappa shape index (κ3) is 4.38. The topological polar surface area (TPSA) is 62.4 Å². The number of rotatable bonds is 5. The number of hydrogen-bond acceptors (Lipinski definition) is 3. The fraction of sp³-hybridized carbons (Fsp3) is 0.304. The molecular formula is C23H23FN2O3. The SMILES string of the molecule is Cc1ccc2[nH]c(=O)c(CN(C[C@H]3CCCO3)C(=O)c3cccc(F)c3)cc2c1. The Morgan fingerprint density at radius 2 is 2.10 bits per heavy atom. The first-order valence-corrected chi connectivity index (χ1v) is 9.78. The van der Waals surface area contributed by atoms with Crippen LogP contribution in [-0.2, 0) is 11.3 Å². The molecule has 5 nitrogen and oxygen atoms in total. The molecule has 0 saturated carbocycles. The molecule has 4 rings (SSSR count). The van der Waals surface area contributed by atoms with Crippen molar-refractivity contribution in [2.75, 3.05) is 13.2 Å². The molecule has 3 aromatic rings. The van der Waals surface area contributed by atoms with Gasteiger partial charge >= 0.3 is 0 Å². The number of carbonyl (C=O) groups excluding carboxylic acids is 1. The van der Waals surface area contributed by atoms with Gasteiger partial charge in [0.1, 0.15) is 5.82 Å². The van der Waals surface area contributed by atoms with Crippen molar-refractivity contribution in [3.05, 3.63) is 81.4 Å². The van der Waals surface area contributed by atoms with Gasteiger partial charge in [-0.05, 0) is 61.5 Å². The molecule has 150 valence electrons. The number of aromatic nitrogens is 1. The number of fused-ring (bicyclic) bond motifs is 1. The lowest BCUT2D eigenvalue weighted by atomic mass is 10.1. The minimum absolute atomic E-state index is 0.0747. The van der Waals surface area contributed by atoms with Gasteiger partial charge < -0.3 is 14.6 Å². The van der Waals surface area contributed by atoms with Gasteiger partial charge in [0.05, 0.1) is 12.6 Å². The minimum atomic E-state index is -0.466. The zero-order valence-corrected chi connectivity index (χ0v) is 16.3. The van der Waals surface area contributed by atoms with Gasteiger partial charge in [-0.15, -0.1) is 0 Å². The summed E-state index contributed by atoms with van der Waals surface area (Å²) in [6.45, 7) is 3.15. The molecule has 1 atom stereocenters. The van der Waals surface area contributed by atoms with Crippen LogP contribution in [0, 0.1) is 12.7 Å². The van der Waals surface area contributed by atoms with Gasteiger partial charge in [0.15, 0.2) is 0 Å². The summed E-state index contributed by atoms with van der Waals surface area (Å²) >= 11 is 0. The number of amides is 1. The van der Waals surface area contributed by atoms with E-state index >= 15 is 0 Å². The highest BCUT2D eigenvalue weighted by Crippen LogP contribution is 2.19. The largest absolute Gasteiger partial charge is 0.376 e. The summed E-state index contributed by atoms with van der Waals surface area (Å²) in [5, 5.41) is 0.912. The summed E-state index contributed by atoms with van der Waals surface area (Å²) in [6.07, 6.45) is 1.73. The number of benzene rings is 2. The van der Waals surface area contributed by atoms with Crippen molar-refractivity contribution in [2.24, 2.45) is 0 Å². The first kappa shape index (κ1) is 19.3. The van der Waals surface area contributed by atoms with Crippen molar-refractivity contribution in [2.45, 2.75) is 32.4 Å². The van der Waals surface area contributed by atoms with Crippen LogP contribution in [-0.4, -0.2) is 35.0 Å². The normalized spacial score (nSPS) is 16.3. The van der Waals surface area contributed by atoms with E-state index in [-0.39, 0.29) is 29.7 Å². The Bertz CT molecular complexity index is 1100. The second-order valence-electron chi connectivity index (χ2n) is 7.55. The smallest absolute Gasteiger partial charge is 0.254 e. The van der Waals surface area contributed by atoms with Gasteiger partial charge in [-0.25, -0.2) is 4.39 Å². The van der Waals surface area contributed by atoms with E-state index in [0.29, 0.717) is 18.7 Å². The van der Waals surface area contributed by atoms with E-state index in [4.69, 9.17) is 4.74 Å². The molecule has 1 saturated heterocycles. The predicted molar refractivity (Wildman–Crippen MR) is 109 cm³/mol. The van der Waals surface area contributed by atoms with Crippen LogP contribution in [0.25, 0.3) is 10.9 Å². The van der Waals surface area contributed by atoms with E-state index in [1.807, 2.05) is 31.2 Å². The van der Waals surface area contributed by atoms with Crippen LogP contribution in [0.15, 0.2) is 53.3 Å². The van der Waals surface area contributed by atoms with E-state index in [0.717, 1.165) is 29.3 Å². The molecule has 6 heteroatoms. The number of carbonyl (C=O) groups is 1. The van der Waals surface area contributed by atoms with Gasteiger partial charge in [0, 0.05) is 29.8 Å². The van der Waals surface area contributed by atoms with Crippen molar-refractivity contribution in [3.63, 3.8) is 0 Å². The second kappa shape index (κ2) is 8.17. The molecule has 1 fully saturated rings. The number of ether oxygens (including phenoxy) is 1. The standard InChI is InChI=1S/C23H23FN2O3/c1-15-7-8-21-17(10-15)11-18(22(27)25-21)13-26(14-20-6-3-9-29-20)23(28)16-4-2-5-19(24)12-16/h2,4-5,7-8,10-12,20H,3,6,9,13-14H2,1H3,(H,25,27)/t20-/m1/s1. The molecule has 0 radical (unpaired) electrons. The van der Waals surface area contributed by atoms with E-state index in [2.05, 4.69) is 4.98 Å². The third-order valence-electron chi connectivity index (χ3n) is 5.24. The van der Waals surface area contributed by atoms with Crippen molar-refractivity contribution >= 4 is 16.8 Å². The summed E-state index contributed by atoms with van der Waals surface area (Å²) in [4.78, 5) is 30.2. The predicted octanol–water partition coefficient (Wildman–Crippen LogP) is 3.80. The molecule has 29 heavy (non-hydrogen) atoms. The molecule has 1 amide bonds. The molecule has 1 aliphatic rings. The molecule has 0 unspecified atom stereocenters. The van der Waals surface area contributed by atoms with Gasteiger partial charge in [-0.1, -0.05) is 17.7 Å². The fourth-order valence-corrected chi connectivity index (χ4v) is 3.75. The van der Waals surface area contributed by atoms with Crippen LogP contribution in [0.1, 0.15) is 34.3 Å². The average molecular weight is 394 g/mol. The van der Waals surface area contributed by atoms with Crippen LogP contribution in [0.5, 0.6) is 0 Å². The molecule has 0 aliphatic carbocycles. The van der Waals surface area contributed by atoms with E-state index < -0.39 is 5.82 Å². The number of aromatic amines is 1. The van der Waals surface area contributed by atoms with E-state index in [1.165, 1.54) is 18.2 Å². The maximum atomic E-state index is 13.6. The zero-order valence-electron chi connectivity index (χ0n) is 16.3. The molecule has 1 aromatic heterocycles. The Balaban J connectivity index is 1.67. The lowest BCUT2D eigenvalue weighted by Crippen LogP contribution is -2.38. The van der Waals surface area contributed by atoms with Crippen molar-refractivity contribution in [1.29, 1.82) is 0 Å². The molecule has 1 N–H and O–H groups in total. The van der Waals surface area contributed by atoms with Crippen molar-refractivity contribution < 1.29 is 13.9 Å². The second-order valence-corrected chi connectivity index (χ2v) is 7.55. The lowest BCUT2D eigenvalue weighted by Gasteiger charge is -2.25. The number of halogens is 1. The number of pyridine rings is 1. The Morgan fingerprint density at radius 3 is 2.86 bits per heavy atom. The van der Waals surface area contributed by atoms with Crippen LogP contribution < -0.4 is 5.56 Å². The lowest BCUT2D eigenvalue weighted by molar-refractivity contribution is 0.0506. The molecule has 2 aromatic carbocycles. The summed E-state index contributed by atoms with van der Waals surface area (Å²) in [5.41, 5.74) is 2.36. The van der Waals surface area contributed by atoms with E-state index in [1.54, 1.807) is 11.0 Å². The Morgan fingerprint density at radius 1 is 1.24 bits per heavy atom. The quantitative estimate of drug-likeness (QED) is 0.716. The number of H-pyrrole nitrogens is 1. The number of nitrogens with zero attached hydrogens (tertiary/aromatic N) is 1. The molecule has 1 aliphatic heterocycles. The molecule has 2 heterocycles. The zero-order chi connectivity index (χ0) is 20.4. The molecular weight excluding hydrogens is 371 g/mol. The maximum Gasteiger partial charge on any atom is 0.254 e. The first-order valence-electron chi connectivity index (χ1n) is 9.78. The van der Waals surface area contributed by atoms with Crippen molar-refractivity contribution in [3.8, 4) is 0 Å². The average Bonchev–Trinajstić information content (AvgIpc) is 3.21. The van der Waals surface area contributed by atoms with E-state index in [9.17, 15) is 14.0 Å². The van der Waals surface area contributed by atoms with Crippen LogP contribution in [0.3, 0.4) is 0 Å². The van der Waals surface area contributed by atoms with Crippen LogP contribution in [0.4, 0.5) is 4.39 Å². The van der Waals surface area contributed by atoms with Crippen LogP contribution >= 0.6 is 0 Å². The summed E-state index contributed by atoms with van der Waals surface area (Å²) < 4.78 is 19.3. The highest BCUT2D eigenvalue weighted by atomic mass is 19.1. The number of hydrogen-bond donors (Lipinski definition) is 1. The Hall–Kier alpha value is -2.99. The molecule has 0 bridgehead atoms. The van der Waals surface area contributed by atoms with Gasteiger partial charge in [0.2, 0.25) is 0 Å². The Labute approximate surface area is 168 Å². The van der Waals surface area contributed by atoms with Gasteiger partial charge in [-0.3, -0.25) is 9.59 Å². The number of nitrogens with one attached hydrogen (secondary N) is 1. The summed E-state index contributed by atoms with van der Waals surface area (Å²) in [6, 6.07) is 13.2. The minimum Gasteiger partial charge on any atom is -0.376 e. The fourth-order valence-electron chi connectivity index (χ4n) is 3.75.